The molecule has 166 valence electrons. The van der Waals surface area contributed by atoms with E-state index < -0.39 is 0 Å². The minimum atomic E-state index is 0.370. The maximum absolute atomic E-state index is 8.78. The monoisotopic (exact) mass is 430 g/mol. The van der Waals surface area contributed by atoms with Gasteiger partial charge in [0, 0.05) is 43.7 Å². The number of hydrogen-bond acceptors (Lipinski definition) is 7. The molecule has 0 amide bonds. The second kappa shape index (κ2) is 9.72. The zero-order chi connectivity index (χ0) is 22.5. The molecule has 8 heteroatoms. The highest BCUT2D eigenvalue weighted by Crippen LogP contribution is 2.24. The molecular formula is C24H30N8. The fraction of sp³-hybridized carbons (Fsp3) is 0.375. The second-order valence-electron chi connectivity index (χ2n) is 8.36. The zero-order valence-electron chi connectivity index (χ0n) is 18.9. The summed E-state index contributed by atoms with van der Waals surface area (Å²) in [6.07, 6.45) is 8.96. The van der Waals surface area contributed by atoms with Crippen molar-refractivity contribution >= 4 is 34.1 Å². The van der Waals surface area contributed by atoms with Crippen LogP contribution in [0.5, 0.6) is 0 Å². The van der Waals surface area contributed by atoms with Crippen molar-refractivity contribution in [1.29, 1.82) is 5.41 Å². The van der Waals surface area contributed by atoms with Gasteiger partial charge < -0.3 is 15.5 Å². The summed E-state index contributed by atoms with van der Waals surface area (Å²) in [5.41, 5.74) is 4.36. The SMILES string of the molecule is CN/C=C(\C(=N)N1CCCCC1)c1cnc2ccc(Nc3cc(C(C)C)cnn3)nc2c1. The van der Waals surface area contributed by atoms with Crippen LogP contribution in [0.25, 0.3) is 16.6 Å². The van der Waals surface area contributed by atoms with Gasteiger partial charge in [0.2, 0.25) is 0 Å². The molecule has 0 spiro atoms. The molecule has 0 unspecified atom stereocenters. The summed E-state index contributed by atoms with van der Waals surface area (Å²) < 4.78 is 0. The van der Waals surface area contributed by atoms with E-state index in [1.165, 1.54) is 6.42 Å². The van der Waals surface area contributed by atoms with E-state index in [1.807, 2.05) is 43.7 Å². The average molecular weight is 431 g/mol. The average Bonchev–Trinajstić information content (AvgIpc) is 2.82. The number of nitrogens with one attached hydrogen (secondary N) is 3. The number of pyridine rings is 2. The number of likely N-dealkylation sites (tertiary alicyclic amines) is 1. The third-order valence-corrected chi connectivity index (χ3v) is 5.66. The molecule has 3 N–H and O–H groups in total. The van der Waals surface area contributed by atoms with Gasteiger partial charge in [0.25, 0.3) is 0 Å². The topological polar surface area (TPSA) is 103 Å². The van der Waals surface area contributed by atoms with Gasteiger partial charge >= 0.3 is 0 Å². The molecule has 0 aromatic carbocycles. The Morgan fingerprint density at radius 3 is 2.62 bits per heavy atom. The van der Waals surface area contributed by atoms with Crippen molar-refractivity contribution in [3.8, 4) is 0 Å². The summed E-state index contributed by atoms with van der Waals surface area (Å²) >= 11 is 0. The van der Waals surface area contributed by atoms with Crippen LogP contribution in [0.15, 0.2) is 42.9 Å². The molecule has 0 saturated carbocycles. The van der Waals surface area contributed by atoms with Gasteiger partial charge in [-0.25, -0.2) is 4.98 Å². The number of nitrogens with zero attached hydrogens (tertiary/aromatic N) is 5. The fourth-order valence-electron chi connectivity index (χ4n) is 3.83. The number of aromatic nitrogens is 4. The smallest absolute Gasteiger partial charge is 0.154 e. The minimum Gasteiger partial charge on any atom is -0.393 e. The van der Waals surface area contributed by atoms with Crippen molar-refractivity contribution in [2.24, 2.45) is 0 Å². The van der Waals surface area contributed by atoms with E-state index in [1.54, 1.807) is 6.20 Å². The molecule has 0 aliphatic carbocycles. The Balaban J connectivity index is 1.63. The molecule has 3 aromatic heterocycles. The molecule has 0 bridgehead atoms. The molecule has 3 aromatic rings. The summed E-state index contributed by atoms with van der Waals surface area (Å²) in [5.74, 6) is 2.23. The van der Waals surface area contributed by atoms with Crippen molar-refractivity contribution in [2.75, 3.05) is 25.5 Å². The highest BCUT2D eigenvalue weighted by atomic mass is 15.2. The van der Waals surface area contributed by atoms with Gasteiger partial charge in [-0.15, -0.1) is 5.10 Å². The molecule has 0 atom stereocenters. The lowest BCUT2D eigenvalue weighted by atomic mass is 10.0. The molecule has 1 aliphatic rings. The number of rotatable bonds is 6. The minimum absolute atomic E-state index is 0.370. The summed E-state index contributed by atoms with van der Waals surface area (Å²) in [5, 5.41) is 23.4. The Bertz CT molecular complexity index is 1130. The van der Waals surface area contributed by atoms with E-state index >= 15 is 0 Å². The Morgan fingerprint density at radius 2 is 1.88 bits per heavy atom. The number of fused-ring (bicyclic) bond motifs is 1. The first-order valence-electron chi connectivity index (χ1n) is 11.1. The fourth-order valence-corrected chi connectivity index (χ4v) is 3.83. The highest BCUT2D eigenvalue weighted by molar-refractivity contribution is 6.21. The summed E-state index contributed by atoms with van der Waals surface area (Å²) in [4.78, 5) is 11.5. The summed E-state index contributed by atoms with van der Waals surface area (Å²) in [6, 6.07) is 7.81. The predicted molar refractivity (Wildman–Crippen MR) is 129 cm³/mol. The molecule has 4 rings (SSSR count). The highest BCUT2D eigenvalue weighted by Gasteiger charge is 2.19. The normalized spacial score (nSPS) is 14.6. The number of amidine groups is 1. The van der Waals surface area contributed by atoms with Gasteiger partial charge in [0.15, 0.2) is 5.82 Å². The van der Waals surface area contributed by atoms with Crippen LogP contribution in [0.1, 0.15) is 50.2 Å². The lowest BCUT2D eigenvalue weighted by Gasteiger charge is -2.30. The van der Waals surface area contributed by atoms with E-state index in [0.29, 0.717) is 23.4 Å². The maximum Gasteiger partial charge on any atom is 0.154 e. The zero-order valence-corrected chi connectivity index (χ0v) is 18.9. The van der Waals surface area contributed by atoms with Crippen molar-refractivity contribution < 1.29 is 0 Å². The van der Waals surface area contributed by atoms with E-state index in [9.17, 15) is 0 Å². The van der Waals surface area contributed by atoms with Crippen molar-refractivity contribution in [3.05, 3.63) is 54.0 Å². The van der Waals surface area contributed by atoms with Crippen molar-refractivity contribution in [3.63, 3.8) is 0 Å². The van der Waals surface area contributed by atoms with E-state index in [2.05, 4.69) is 44.6 Å². The van der Waals surface area contributed by atoms with Gasteiger partial charge in [0.05, 0.1) is 17.2 Å². The van der Waals surface area contributed by atoms with Gasteiger partial charge in [-0.3, -0.25) is 10.4 Å². The Kier molecular flexibility index (Phi) is 6.58. The van der Waals surface area contributed by atoms with Crippen LogP contribution in [0.4, 0.5) is 11.6 Å². The first kappa shape index (κ1) is 21.7. The quantitative estimate of drug-likeness (QED) is 0.395. The molecule has 1 fully saturated rings. The third-order valence-electron chi connectivity index (χ3n) is 5.66. The summed E-state index contributed by atoms with van der Waals surface area (Å²) in [6.45, 7) is 6.09. The lowest BCUT2D eigenvalue weighted by Crippen LogP contribution is -2.36. The van der Waals surface area contributed by atoms with Gasteiger partial charge in [-0.1, -0.05) is 13.8 Å². The van der Waals surface area contributed by atoms with E-state index in [4.69, 9.17) is 10.4 Å². The van der Waals surface area contributed by atoms with Crippen molar-refractivity contribution in [1.82, 2.24) is 30.4 Å². The van der Waals surface area contributed by atoms with Gasteiger partial charge in [-0.2, -0.15) is 5.10 Å². The van der Waals surface area contributed by atoms with Crippen molar-refractivity contribution in [2.45, 2.75) is 39.0 Å². The molecule has 0 radical (unpaired) electrons. The van der Waals surface area contributed by atoms with Gasteiger partial charge in [0.1, 0.15) is 11.7 Å². The van der Waals surface area contributed by atoms with Crippen LogP contribution in [-0.2, 0) is 0 Å². The number of piperidine rings is 1. The number of hydrogen-bond donors (Lipinski definition) is 3. The molecule has 4 heterocycles. The Labute approximate surface area is 188 Å². The first-order chi connectivity index (χ1) is 15.5. The van der Waals surface area contributed by atoms with Crippen LogP contribution in [-0.4, -0.2) is 51.0 Å². The van der Waals surface area contributed by atoms with Crippen LogP contribution in [0, 0.1) is 5.41 Å². The lowest BCUT2D eigenvalue weighted by molar-refractivity contribution is 0.343. The molecule has 8 nitrogen and oxygen atoms in total. The Morgan fingerprint density at radius 1 is 1.06 bits per heavy atom. The van der Waals surface area contributed by atoms with Crippen LogP contribution in [0.2, 0.25) is 0 Å². The van der Waals surface area contributed by atoms with E-state index in [0.717, 1.165) is 53.7 Å². The standard InChI is InChI=1S/C24H30N8/c1-16(2)17-12-23(31-28-14-17)30-22-8-7-20-21(29-22)11-18(13-27-20)19(15-26-3)24(25)32-9-5-4-6-10-32/h7-8,11-16,25-26H,4-6,9-10H2,1-3H3,(H,29,30,31)/b19-15-,25-24?. The Hall–Kier alpha value is -3.55. The van der Waals surface area contributed by atoms with Crippen LogP contribution in [0.3, 0.4) is 0 Å². The molecule has 1 saturated heterocycles. The first-order valence-corrected chi connectivity index (χ1v) is 11.1. The second-order valence-corrected chi connectivity index (χ2v) is 8.36. The van der Waals surface area contributed by atoms with Crippen LogP contribution >= 0.6 is 0 Å². The van der Waals surface area contributed by atoms with Gasteiger partial charge in [-0.05, 0) is 55.0 Å². The van der Waals surface area contributed by atoms with Crippen LogP contribution < -0.4 is 10.6 Å². The summed E-state index contributed by atoms with van der Waals surface area (Å²) in [7, 11) is 1.85. The maximum atomic E-state index is 8.78. The molecule has 1 aliphatic heterocycles. The predicted octanol–water partition coefficient (Wildman–Crippen LogP) is 4.31. The molecule has 32 heavy (non-hydrogen) atoms. The largest absolute Gasteiger partial charge is 0.393 e. The number of anilines is 2. The molecular weight excluding hydrogens is 400 g/mol. The van der Waals surface area contributed by atoms with E-state index in [-0.39, 0.29) is 0 Å². The third kappa shape index (κ3) is 4.85.